The fraction of sp³-hybridized carbons (Fsp3) is 0.714. The molecule has 1 atom stereocenters. The van der Waals surface area contributed by atoms with Crippen LogP contribution < -0.4 is 5.32 Å². The van der Waals surface area contributed by atoms with Gasteiger partial charge in [-0.3, -0.25) is 0 Å². The van der Waals surface area contributed by atoms with Crippen molar-refractivity contribution < 1.29 is 4.74 Å². The highest BCUT2D eigenvalue weighted by molar-refractivity contribution is 9.10. The standard InChI is InChI=1S/C14H22BrN3O/c1-3-5-11-13(15)14(16-4-2)18-12(17-11)8-10-6-7-19-9-10/h10H,3-9H2,1-2H3,(H,16,17,18). The fourth-order valence-corrected chi connectivity index (χ4v) is 2.84. The van der Waals surface area contributed by atoms with Gasteiger partial charge in [0.2, 0.25) is 0 Å². The van der Waals surface area contributed by atoms with Gasteiger partial charge in [0.15, 0.2) is 0 Å². The molecule has 1 fully saturated rings. The predicted molar refractivity (Wildman–Crippen MR) is 80.5 cm³/mol. The zero-order chi connectivity index (χ0) is 13.7. The minimum Gasteiger partial charge on any atom is -0.381 e. The first kappa shape index (κ1) is 14.7. The number of nitrogens with one attached hydrogen (secondary N) is 1. The Morgan fingerprint density at radius 2 is 2.21 bits per heavy atom. The number of hydrogen-bond donors (Lipinski definition) is 1. The number of nitrogens with zero attached hydrogens (tertiary/aromatic N) is 2. The molecule has 1 aliphatic heterocycles. The third-order valence-corrected chi connectivity index (χ3v) is 4.13. The van der Waals surface area contributed by atoms with E-state index in [-0.39, 0.29) is 0 Å². The van der Waals surface area contributed by atoms with Gasteiger partial charge in [-0.2, -0.15) is 0 Å². The number of halogens is 1. The molecule has 0 spiro atoms. The van der Waals surface area contributed by atoms with E-state index >= 15 is 0 Å². The van der Waals surface area contributed by atoms with Crippen molar-refractivity contribution in [3.63, 3.8) is 0 Å². The molecule has 2 rings (SSSR count). The zero-order valence-electron chi connectivity index (χ0n) is 11.7. The summed E-state index contributed by atoms with van der Waals surface area (Å²) in [7, 11) is 0. The summed E-state index contributed by atoms with van der Waals surface area (Å²) in [4.78, 5) is 9.36. The van der Waals surface area contributed by atoms with E-state index in [1.54, 1.807) is 0 Å². The lowest BCUT2D eigenvalue weighted by molar-refractivity contribution is 0.185. The molecule has 106 valence electrons. The maximum Gasteiger partial charge on any atom is 0.144 e. The number of aromatic nitrogens is 2. The molecule has 0 amide bonds. The Labute approximate surface area is 123 Å². The molecule has 1 aromatic heterocycles. The minimum absolute atomic E-state index is 0.574. The molecule has 0 saturated carbocycles. The summed E-state index contributed by atoms with van der Waals surface area (Å²) >= 11 is 3.62. The summed E-state index contributed by atoms with van der Waals surface area (Å²) in [5.41, 5.74) is 1.11. The molecule has 2 heterocycles. The Bertz CT molecular complexity index is 392. The SMILES string of the molecule is CCCc1nc(CC2CCOC2)nc(NCC)c1Br. The van der Waals surface area contributed by atoms with Crippen LogP contribution in [0.4, 0.5) is 5.82 Å². The van der Waals surface area contributed by atoms with E-state index < -0.39 is 0 Å². The van der Waals surface area contributed by atoms with Crippen LogP contribution in [-0.2, 0) is 17.6 Å². The number of ether oxygens (including phenoxy) is 1. The Balaban J connectivity index is 2.20. The van der Waals surface area contributed by atoms with Gasteiger partial charge in [0.25, 0.3) is 0 Å². The summed E-state index contributed by atoms with van der Waals surface area (Å²) in [6.07, 6.45) is 4.12. The van der Waals surface area contributed by atoms with Crippen molar-refractivity contribution in [1.82, 2.24) is 9.97 Å². The first-order chi connectivity index (χ1) is 9.24. The number of aryl methyl sites for hydroxylation is 1. The summed E-state index contributed by atoms with van der Waals surface area (Å²) in [5, 5.41) is 3.31. The highest BCUT2D eigenvalue weighted by atomic mass is 79.9. The van der Waals surface area contributed by atoms with Gasteiger partial charge in [-0.25, -0.2) is 9.97 Å². The van der Waals surface area contributed by atoms with E-state index in [0.29, 0.717) is 5.92 Å². The van der Waals surface area contributed by atoms with E-state index in [2.05, 4.69) is 40.1 Å². The highest BCUT2D eigenvalue weighted by Crippen LogP contribution is 2.26. The van der Waals surface area contributed by atoms with Gasteiger partial charge in [0, 0.05) is 26.2 Å². The Morgan fingerprint density at radius 1 is 1.37 bits per heavy atom. The molecule has 0 aliphatic carbocycles. The Hall–Kier alpha value is -0.680. The predicted octanol–water partition coefficient (Wildman–Crippen LogP) is 3.20. The van der Waals surface area contributed by atoms with Gasteiger partial charge >= 0.3 is 0 Å². The third kappa shape index (κ3) is 3.89. The van der Waals surface area contributed by atoms with E-state index in [0.717, 1.165) is 67.3 Å². The molecule has 0 bridgehead atoms. The lowest BCUT2D eigenvalue weighted by Gasteiger charge is -2.13. The summed E-state index contributed by atoms with van der Waals surface area (Å²) in [6.45, 7) is 6.85. The monoisotopic (exact) mass is 327 g/mol. The molecule has 1 unspecified atom stereocenters. The van der Waals surface area contributed by atoms with E-state index in [9.17, 15) is 0 Å². The third-order valence-electron chi connectivity index (χ3n) is 3.29. The van der Waals surface area contributed by atoms with Gasteiger partial charge in [-0.1, -0.05) is 13.3 Å². The summed E-state index contributed by atoms with van der Waals surface area (Å²) in [6, 6.07) is 0. The second-order valence-corrected chi connectivity index (χ2v) is 5.76. The van der Waals surface area contributed by atoms with Crippen molar-refractivity contribution in [3.8, 4) is 0 Å². The number of hydrogen-bond acceptors (Lipinski definition) is 4. The molecule has 19 heavy (non-hydrogen) atoms. The quantitative estimate of drug-likeness (QED) is 0.871. The van der Waals surface area contributed by atoms with Crippen molar-refractivity contribution >= 4 is 21.7 Å². The summed E-state index contributed by atoms with van der Waals surface area (Å²) in [5.74, 6) is 2.44. The van der Waals surface area contributed by atoms with Crippen LogP contribution in [0.25, 0.3) is 0 Å². The fourth-order valence-electron chi connectivity index (χ4n) is 2.33. The molecule has 1 N–H and O–H groups in total. The van der Waals surface area contributed by atoms with Crippen LogP contribution in [0.2, 0.25) is 0 Å². The minimum atomic E-state index is 0.574. The van der Waals surface area contributed by atoms with Gasteiger partial charge in [-0.15, -0.1) is 0 Å². The lowest BCUT2D eigenvalue weighted by atomic mass is 10.0. The molecule has 5 heteroatoms. The lowest BCUT2D eigenvalue weighted by Crippen LogP contribution is -2.12. The second-order valence-electron chi connectivity index (χ2n) is 4.96. The van der Waals surface area contributed by atoms with Crippen LogP contribution >= 0.6 is 15.9 Å². The van der Waals surface area contributed by atoms with Crippen LogP contribution in [0.15, 0.2) is 4.47 Å². The van der Waals surface area contributed by atoms with Gasteiger partial charge in [0.1, 0.15) is 11.6 Å². The van der Waals surface area contributed by atoms with Crippen LogP contribution in [0.1, 0.15) is 38.2 Å². The van der Waals surface area contributed by atoms with E-state index in [1.807, 2.05) is 0 Å². The van der Waals surface area contributed by atoms with E-state index in [1.165, 1.54) is 0 Å². The molecule has 0 radical (unpaired) electrons. The highest BCUT2D eigenvalue weighted by Gasteiger charge is 2.19. The largest absolute Gasteiger partial charge is 0.381 e. The molecular weight excluding hydrogens is 306 g/mol. The van der Waals surface area contributed by atoms with Crippen molar-refractivity contribution in [2.24, 2.45) is 5.92 Å². The molecule has 1 saturated heterocycles. The molecule has 0 aromatic carbocycles. The number of anilines is 1. The van der Waals surface area contributed by atoms with Crippen LogP contribution in [0.5, 0.6) is 0 Å². The van der Waals surface area contributed by atoms with Crippen LogP contribution in [0, 0.1) is 5.92 Å². The van der Waals surface area contributed by atoms with Crippen LogP contribution in [-0.4, -0.2) is 29.7 Å². The maximum absolute atomic E-state index is 5.43. The van der Waals surface area contributed by atoms with Crippen molar-refractivity contribution in [2.75, 3.05) is 25.1 Å². The van der Waals surface area contributed by atoms with Gasteiger partial charge < -0.3 is 10.1 Å². The van der Waals surface area contributed by atoms with E-state index in [4.69, 9.17) is 9.72 Å². The molecule has 4 nitrogen and oxygen atoms in total. The topological polar surface area (TPSA) is 47.0 Å². The van der Waals surface area contributed by atoms with Gasteiger partial charge in [-0.05, 0) is 41.6 Å². The summed E-state index contributed by atoms with van der Waals surface area (Å²) < 4.78 is 6.44. The normalized spacial score (nSPS) is 18.8. The number of rotatable bonds is 6. The molecule has 1 aliphatic rings. The Kier molecular flexibility index (Phi) is 5.58. The van der Waals surface area contributed by atoms with Crippen molar-refractivity contribution in [2.45, 2.75) is 39.5 Å². The van der Waals surface area contributed by atoms with Gasteiger partial charge in [0.05, 0.1) is 10.2 Å². The van der Waals surface area contributed by atoms with Crippen molar-refractivity contribution in [1.29, 1.82) is 0 Å². The maximum atomic E-state index is 5.43. The average molecular weight is 328 g/mol. The average Bonchev–Trinajstić information content (AvgIpc) is 2.88. The molecule has 1 aromatic rings. The molecular formula is C14H22BrN3O. The van der Waals surface area contributed by atoms with Crippen molar-refractivity contribution in [3.05, 3.63) is 16.0 Å². The smallest absolute Gasteiger partial charge is 0.144 e. The second kappa shape index (κ2) is 7.20. The first-order valence-corrected chi connectivity index (χ1v) is 7.90. The first-order valence-electron chi connectivity index (χ1n) is 7.11. The van der Waals surface area contributed by atoms with Crippen LogP contribution in [0.3, 0.4) is 0 Å². The Morgan fingerprint density at radius 3 is 2.84 bits per heavy atom. The zero-order valence-corrected chi connectivity index (χ0v) is 13.3.